The Morgan fingerprint density at radius 1 is 1.29 bits per heavy atom. The molecule has 0 aliphatic heterocycles. The van der Waals surface area contributed by atoms with Crippen LogP contribution in [0.3, 0.4) is 0 Å². The molecule has 3 atom stereocenters. The molecule has 0 saturated heterocycles. The molecule has 0 spiro atoms. The zero-order valence-corrected chi connectivity index (χ0v) is 11.0. The minimum Gasteiger partial charge on any atom is -0.366 e. The van der Waals surface area contributed by atoms with Crippen LogP contribution in [0.15, 0.2) is 17.8 Å². The summed E-state index contributed by atoms with van der Waals surface area (Å²) in [5, 5.41) is 5.68. The van der Waals surface area contributed by atoms with Crippen LogP contribution in [-0.2, 0) is 0 Å². The second kappa shape index (κ2) is 4.26. The number of nitrogens with one attached hydrogen (secondary N) is 1. The van der Waals surface area contributed by atoms with Gasteiger partial charge in [-0.3, -0.25) is 0 Å². The summed E-state index contributed by atoms with van der Waals surface area (Å²) in [5.41, 5.74) is 1.05. The lowest BCUT2D eigenvalue weighted by atomic mass is 9.98. The number of hydrogen-bond donors (Lipinski definition) is 1. The first-order valence-corrected chi connectivity index (χ1v) is 7.08. The van der Waals surface area contributed by atoms with Crippen LogP contribution in [0.4, 0.5) is 5.82 Å². The fraction of sp³-hybridized carbons (Fsp3) is 0.538. The van der Waals surface area contributed by atoms with E-state index in [1.807, 2.05) is 6.07 Å². The van der Waals surface area contributed by atoms with E-state index in [0.29, 0.717) is 6.04 Å². The molecule has 1 N–H and O–H groups in total. The van der Waals surface area contributed by atoms with Crippen LogP contribution in [0.5, 0.6) is 0 Å². The third kappa shape index (κ3) is 1.90. The summed E-state index contributed by atoms with van der Waals surface area (Å²) in [6.45, 7) is 4.68. The molecule has 3 rings (SSSR count). The normalized spacial score (nSPS) is 28.7. The highest BCUT2D eigenvalue weighted by Crippen LogP contribution is 2.34. The number of aromatic nitrogens is 2. The van der Waals surface area contributed by atoms with E-state index in [1.165, 1.54) is 17.5 Å². The van der Waals surface area contributed by atoms with Crippen molar-refractivity contribution in [3.8, 4) is 0 Å². The molecule has 0 aromatic carbocycles. The molecular formula is C13H17N3S. The molecule has 1 aliphatic rings. The van der Waals surface area contributed by atoms with Gasteiger partial charge in [0.2, 0.25) is 0 Å². The van der Waals surface area contributed by atoms with E-state index >= 15 is 0 Å². The van der Waals surface area contributed by atoms with Gasteiger partial charge in [0, 0.05) is 6.04 Å². The Labute approximate surface area is 105 Å². The monoisotopic (exact) mass is 247 g/mol. The topological polar surface area (TPSA) is 37.8 Å². The van der Waals surface area contributed by atoms with Crippen molar-refractivity contribution in [1.82, 2.24) is 9.97 Å². The maximum atomic E-state index is 4.39. The van der Waals surface area contributed by atoms with Crippen LogP contribution in [0.2, 0.25) is 0 Å². The molecule has 2 aromatic rings. The third-order valence-electron chi connectivity index (χ3n) is 4.03. The lowest BCUT2D eigenvalue weighted by Crippen LogP contribution is -2.24. The van der Waals surface area contributed by atoms with Crippen molar-refractivity contribution in [3.05, 3.63) is 17.8 Å². The Hall–Kier alpha value is -1.16. The average molecular weight is 247 g/mol. The van der Waals surface area contributed by atoms with Crippen molar-refractivity contribution in [2.24, 2.45) is 11.8 Å². The highest BCUT2D eigenvalue weighted by atomic mass is 32.1. The molecule has 90 valence electrons. The first-order chi connectivity index (χ1) is 8.25. The first-order valence-electron chi connectivity index (χ1n) is 6.20. The van der Waals surface area contributed by atoms with Gasteiger partial charge in [0.1, 0.15) is 12.1 Å². The molecule has 1 saturated carbocycles. The minimum atomic E-state index is 0.560. The maximum Gasteiger partial charge on any atom is 0.147 e. The Morgan fingerprint density at radius 3 is 2.94 bits per heavy atom. The van der Waals surface area contributed by atoms with Gasteiger partial charge in [0.15, 0.2) is 0 Å². The fourth-order valence-corrected chi connectivity index (χ4v) is 3.43. The Balaban J connectivity index is 1.88. The predicted octanol–water partition coefficient (Wildman–Crippen LogP) is 3.54. The summed E-state index contributed by atoms with van der Waals surface area (Å²) < 4.78 is 1.18. The first kappa shape index (κ1) is 11.0. The van der Waals surface area contributed by atoms with Gasteiger partial charge in [0.05, 0.1) is 10.2 Å². The molecule has 17 heavy (non-hydrogen) atoms. The number of anilines is 1. The van der Waals surface area contributed by atoms with Crippen LogP contribution in [-0.4, -0.2) is 16.0 Å². The lowest BCUT2D eigenvalue weighted by molar-refractivity contribution is 0.435. The van der Waals surface area contributed by atoms with Gasteiger partial charge in [-0.25, -0.2) is 9.97 Å². The van der Waals surface area contributed by atoms with E-state index in [2.05, 4.69) is 34.5 Å². The van der Waals surface area contributed by atoms with E-state index < -0.39 is 0 Å². The Morgan fingerprint density at radius 2 is 2.18 bits per heavy atom. The van der Waals surface area contributed by atoms with Gasteiger partial charge < -0.3 is 5.32 Å². The number of thiophene rings is 1. The summed E-state index contributed by atoms with van der Waals surface area (Å²) in [6, 6.07) is 2.61. The van der Waals surface area contributed by atoms with Crippen molar-refractivity contribution in [3.63, 3.8) is 0 Å². The summed E-state index contributed by atoms with van der Waals surface area (Å²) >= 11 is 1.71. The zero-order valence-electron chi connectivity index (χ0n) is 10.2. The highest BCUT2D eigenvalue weighted by molar-refractivity contribution is 7.17. The molecule has 2 aromatic heterocycles. The highest BCUT2D eigenvalue weighted by Gasteiger charge is 2.30. The van der Waals surface area contributed by atoms with Gasteiger partial charge >= 0.3 is 0 Å². The molecule has 3 nitrogen and oxygen atoms in total. The minimum absolute atomic E-state index is 0.560. The average Bonchev–Trinajstić information content (AvgIpc) is 2.91. The fourth-order valence-electron chi connectivity index (χ4n) is 2.64. The third-order valence-corrected chi connectivity index (χ3v) is 4.94. The predicted molar refractivity (Wildman–Crippen MR) is 72.4 cm³/mol. The summed E-state index contributed by atoms with van der Waals surface area (Å²) in [6.07, 6.45) is 4.22. The van der Waals surface area contributed by atoms with Crippen molar-refractivity contribution < 1.29 is 0 Å². The van der Waals surface area contributed by atoms with Crippen LogP contribution >= 0.6 is 11.3 Å². The smallest absolute Gasteiger partial charge is 0.147 e. The van der Waals surface area contributed by atoms with Crippen LogP contribution in [0.25, 0.3) is 10.2 Å². The molecule has 1 fully saturated rings. The molecule has 2 heterocycles. The van der Waals surface area contributed by atoms with E-state index in [0.717, 1.165) is 23.2 Å². The number of hydrogen-bond acceptors (Lipinski definition) is 4. The lowest BCUT2D eigenvalue weighted by Gasteiger charge is -2.20. The summed E-state index contributed by atoms with van der Waals surface area (Å²) in [7, 11) is 0. The maximum absolute atomic E-state index is 4.39. The molecule has 3 unspecified atom stereocenters. The van der Waals surface area contributed by atoms with Crippen LogP contribution < -0.4 is 5.32 Å². The van der Waals surface area contributed by atoms with Crippen molar-refractivity contribution in [2.45, 2.75) is 32.7 Å². The van der Waals surface area contributed by atoms with E-state index in [1.54, 1.807) is 17.7 Å². The molecule has 0 bridgehead atoms. The quantitative estimate of drug-likeness (QED) is 0.882. The van der Waals surface area contributed by atoms with Crippen molar-refractivity contribution in [1.29, 1.82) is 0 Å². The Bertz CT molecular complexity index is 522. The molecule has 0 radical (unpaired) electrons. The zero-order chi connectivity index (χ0) is 11.8. The molecular weight excluding hydrogens is 230 g/mol. The second-order valence-corrected chi connectivity index (χ2v) is 5.94. The van der Waals surface area contributed by atoms with Crippen molar-refractivity contribution >= 4 is 27.4 Å². The molecule has 1 aliphatic carbocycles. The SMILES string of the molecule is CC1CCC(Nc2ncnc3ccsc23)C1C. The number of rotatable bonds is 2. The van der Waals surface area contributed by atoms with Crippen LogP contribution in [0.1, 0.15) is 26.7 Å². The van der Waals surface area contributed by atoms with Gasteiger partial charge in [-0.1, -0.05) is 13.8 Å². The Kier molecular flexibility index (Phi) is 2.74. The van der Waals surface area contributed by atoms with E-state index in [4.69, 9.17) is 0 Å². The number of fused-ring (bicyclic) bond motifs is 1. The van der Waals surface area contributed by atoms with E-state index in [9.17, 15) is 0 Å². The van der Waals surface area contributed by atoms with E-state index in [-0.39, 0.29) is 0 Å². The molecule has 4 heteroatoms. The summed E-state index contributed by atoms with van der Waals surface area (Å²) in [5.74, 6) is 2.55. The number of nitrogens with zero attached hydrogens (tertiary/aromatic N) is 2. The summed E-state index contributed by atoms with van der Waals surface area (Å²) in [4.78, 5) is 8.66. The van der Waals surface area contributed by atoms with Crippen molar-refractivity contribution in [2.75, 3.05) is 5.32 Å². The van der Waals surface area contributed by atoms with Gasteiger partial charge in [-0.2, -0.15) is 0 Å². The van der Waals surface area contributed by atoms with Gasteiger partial charge in [-0.05, 0) is 36.1 Å². The standard InChI is InChI=1S/C13H17N3S/c1-8-3-4-10(9(8)2)16-13-12-11(5-6-17-12)14-7-15-13/h5-10H,3-4H2,1-2H3,(H,14,15,16). The second-order valence-electron chi connectivity index (χ2n) is 5.02. The largest absolute Gasteiger partial charge is 0.366 e. The van der Waals surface area contributed by atoms with Gasteiger partial charge in [0.25, 0.3) is 0 Å². The van der Waals surface area contributed by atoms with Gasteiger partial charge in [-0.15, -0.1) is 11.3 Å². The van der Waals surface area contributed by atoms with Crippen LogP contribution in [0, 0.1) is 11.8 Å². The molecule has 0 amide bonds.